The number of nitriles is 2. The van der Waals surface area contributed by atoms with Crippen LogP contribution in [0.2, 0.25) is 0 Å². The molecule has 2 N–H and O–H groups in total. The molecular weight excluding hydrogens is 584 g/mol. The molecule has 3 heterocycles. The molecular formula is C35H33F2N9. The van der Waals surface area contributed by atoms with E-state index < -0.39 is 18.0 Å². The second-order valence-electron chi connectivity index (χ2n) is 12.9. The standard InChI is InChI=1S/C35H33F2N9/c1-21-26(22-8-12-40-13-9-22)6-5-7-27(21)32(29-19-46(45-44-29)35(10-11-35)33(36)37)43-25-14-23(16-38)30-28(15-25)31(24(17-39)18-41-30)42-20-34(2,3)4/h5-9,12-15,18-19,32-33,43H,10-11,20H2,1-4H3,(H,41,42). The van der Waals surface area contributed by atoms with Crippen molar-refractivity contribution in [1.29, 1.82) is 10.5 Å². The van der Waals surface area contributed by atoms with Crippen LogP contribution in [-0.4, -0.2) is 37.9 Å². The number of alkyl halides is 2. The zero-order valence-electron chi connectivity index (χ0n) is 26.0. The molecule has 9 nitrogen and oxygen atoms in total. The average Bonchev–Trinajstić information content (AvgIpc) is 3.72. The smallest absolute Gasteiger partial charge is 0.263 e. The predicted octanol–water partition coefficient (Wildman–Crippen LogP) is 7.35. The predicted molar refractivity (Wildman–Crippen MR) is 172 cm³/mol. The van der Waals surface area contributed by atoms with E-state index in [1.807, 2.05) is 43.3 Å². The maximum atomic E-state index is 14.0. The van der Waals surface area contributed by atoms with Crippen molar-refractivity contribution < 1.29 is 8.78 Å². The van der Waals surface area contributed by atoms with Gasteiger partial charge in [-0.1, -0.05) is 44.2 Å². The van der Waals surface area contributed by atoms with Crippen LogP contribution in [0.1, 0.15) is 67.6 Å². The molecule has 1 atom stereocenters. The largest absolute Gasteiger partial charge is 0.383 e. The van der Waals surface area contributed by atoms with Gasteiger partial charge in [-0.15, -0.1) is 5.10 Å². The van der Waals surface area contributed by atoms with Crippen LogP contribution in [-0.2, 0) is 5.54 Å². The van der Waals surface area contributed by atoms with E-state index in [1.54, 1.807) is 24.7 Å². The molecule has 6 rings (SSSR count). The maximum absolute atomic E-state index is 14.0. The summed E-state index contributed by atoms with van der Waals surface area (Å²) in [5, 5.41) is 36.2. The lowest BCUT2D eigenvalue weighted by molar-refractivity contribution is 0.0593. The molecule has 232 valence electrons. The number of halogens is 2. The zero-order chi connectivity index (χ0) is 32.6. The third-order valence-corrected chi connectivity index (χ3v) is 8.43. The third kappa shape index (κ3) is 5.72. The molecule has 5 aromatic rings. The van der Waals surface area contributed by atoms with E-state index in [9.17, 15) is 19.3 Å². The molecule has 0 amide bonds. The molecule has 1 aliphatic rings. The summed E-state index contributed by atoms with van der Waals surface area (Å²) >= 11 is 0. The first kappa shape index (κ1) is 30.6. The molecule has 1 fully saturated rings. The van der Waals surface area contributed by atoms with E-state index in [4.69, 9.17) is 0 Å². The van der Waals surface area contributed by atoms with Crippen LogP contribution in [0.5, 0.6) is 0 Å². The Bertz CT molecular complexity index is 2000. The van der Waals surface area contributed by atoms with E-state index in [1.165, 1.54) is 10.9 Å². The molecule has 0 saturated heterocycles. The van der Waals surface area contributed by atoms with Crippen LogP contribution in [0.3, 0.4) is 0 Å². The summed E-state index contributed by atoms with van der Waals surface area (Å²) in [6.07, 6.45) is 4.63. The first-order valence-electron chi connectivity index (χ1n) is 15.0. The van der Waals surface area contributed by atoms with E-state index in [-0.39, 0.29) is 5.41 Å². The van der Waals surface area contributed by atoms with Gasteiger partial charge in [0.2, 0.25) is 0 Å². The Balaban J connectivity index is 1.50. The minimum atomic E-state index is -2.57. The fourth-order valence-electron chi connectivity index (χ4n) is 5.69. The highest BCUT2D eigenvalue weighted by Crippen LogP contribution is 2.48. The number of nitrogens with zero attached hydrogens (tertiary/aromatic N) is 7. The Morgan fingerprint density at radius 1 is 1.04 bits per heavy atom. The summed E-state index contributed by atoms with van der Waals surface area (Å²) in [4.78, 5) is 8.61. The van der Waals surface area contributed by atoms with Crippen LogP contribution >= 0.6 is 0 Å². The first-order valence-corrected chi connectivity index (χ1v) is 15.0. The highest BCUT2D eigenvalue weighted by molar-refractivity contribution is 5.99. The van der Waals surface area contributed by atoms with Crippen molar-refractivity contribution in [1.82, 2.24) is 25.0 Å². The van der Waals surface area contributed by atoms with Gasteiger partial charge in [0.1, 0.15) is 23.4 Å². The molecule has 0 bridgehead atoms. The number of hydrogen-bond donors (Lipinski definition) is 2. The molecule has 46 heavy (non-hydrogen) atoms. The minimum Gasteiger partial charge on any atom is -0.383 e. The first-order chi connectivity index (χ1) is 22.0. The van der Waals surface area contributed by atoms with Gasteiger partial charge in [-0.05, 0) is 71.7 Å². The molecule has 1 unspecified atom stereocenters. The number of benzene rings is 2. The molecule has 3 aromatic heterocycles. The number of pyridine rings is 2. The molecule has 2 aromatic carbocycles. The molecule has 0 spiro atoms. The SMILES string of the molecule is Cc1c(-c2ccncc2)cccc1C(Nc1cc(C#N)c2ncc(C#N)c(NCC(C)(C)C)c2c1)c1cn(C2(C(F)F)CC2)nn1. The van der Waals surface area contributed by atoms with Gasteiger partial charge in [0.25, 0.3) is 6.43 Å². The maximum Gasteiger partial charge on any atom is 0.263 e. The van der Waals surface area contributed by atoms with E-state index in [0.29, 0.717) is 58.5 Å². The second-order valence-corrected chi connectivity index (χ2v) is 12.9. The summed E-state index contributed by atoms with van der Waals surface area (Å²) < 4.78 is 29.4. The molecule has 1 saturated carbocycles. The Morgan fingerprint density at radius 3 is 2.43 bits per heavy atom. The minimum absolute atomic E-state index is 0.0817. The Hall–Kier alpha value is -5.42. The number of hydrogen-bond acceptors (Lipinski definition) is 8. The van der Waals surface area contributed by atoms with Crippen molar-refractivity contribution in [2.45, 2.75) is 58.5 Å². The highest BCUT2D eigenvalue weighted by atomic mass is 19.3. The van der Waals surface area contributed by atoms with E-state index in [2.05, 4.69) is 63.8 Å². The van der Waals surface area contributed by atoms with Crippen molar-refractivity contribution in [2.24, 2.45) is 5.41 Å². The molecule has 0 radical (unpaired) electrons. The zero-order valence-corrected chi connectivity index (χ0v) is 26.0. The van der Waals surface area contributed by atoms with Gasteiger partial charge in [-0.2, -0.15) is 10.5 Å². The van der Waals surface area contributed by atoms with Crippen LogP contribution in [0.4, 0.5) is 20.2 Å². The molecule has 0 aliphatic heterocycles. The van der Waals surface area contributed by atoms with Gasteiger partial charge in [-0.3, -0.25) is 9.97 Å². The van der Waals surface area contributed by atoms with Gasteiger partial charge in [0, 0.05) is 36.2 Å². The van der Waals surface area contributed by atoms with Crippen molar-refractivity contribution in [3.05, 3.63) is 95.2 Å². The number of rotatable bonds is 9. The normalized spacial score (nSPS) is 14.5. The van der Waals surface area contributed by atoms with Crippen molar-refractivity contribution in [3.63, 3.8) is 0 Å². The Labute approximate surface area is 265 Å². The van der Waals surface area contributed by atoms with Crippen LogP contribution in [0.25, 0.3) is 22.0 Å². The van der Waals surface area contributed by atoms with Crippen molar-refractivity contribution >= 4 is 22.3 Å². The summed E-state index contributed by atoms with van der Waals surface area (Å²) in [6.45, 7) is 8.85. The van der Waals surface area contributed by atoms with Crippen LogP contribution < -0.4 is 10.6 Å². The number of nitrogens with one attached hydrogen (secondary N) is 2. The van der Waals surface area contributed by atoms with Crippen molar-refractivity contribution in [2.75, 3.05) is 17.2 Å². The highest BCUT2D eigenvalue weighted by Gasteiger charge is 2.54. The number of fused-ring (bicyclic) bond motifs is 1. The fraction of sp³-hybridized carbons (Fsp3) is 0.314. The lowest BCUT2D eigenvalue weighted by Gasteiger charge is -2.24. The summed E-state index contributed by atoms with van der Waals surface area (Å²) in [6, 6.07) is 17.2. The fourth-order valence-corrected chi connectivity index (χ4v) is 5.69. The topological polar surface area (TPSA) is 128 Å². The van der Waals surface area contributed by atoms with Crippen LogP contribution in [0.15, 0.2) is 67.3 Å². The van der Waals surface area contributed by atoms with Crippen molar-refractivity contribution in [3.8, 4) is 23.3 Å². The van der Waals surface area contributed by atoms with Gasteiger partial charge in [0.15, 0.2) is 0 Å². The third-order valence-electron chi connectivity index (χ3n) is 8.43. The summed E-state index contributed by atoms with van der Waals surface area (Å²) in [7, 11) is 0. The van der Waals surface area contributed by atoms with E-state index >= 15 is 0 Å². The lowest BCUT2D eigenvalue weighted by Crippen LogP contribution is -2.26. The quantitative estimate of drug-likeness (QED) is 0.176. The van der Waals surface area contributed by atoms with Gasteiger partial charge < -0.3 is 10.6 Å². The summed E-state index contributed by atoms with van der Waals surface area (Å²) in [5.74, 6) is 0. The number of anilines is 2. The molecule has 1 aliphatic carbocycles. The second kappa shape index (κ2) is 11.8. The number of aromatic nitrogens is 5. The Morgan fingerprint density at radius 2 is 1.78 bits per heavy atom. The molecule has 11 heteroatoms. The van der Waals surface area contributed by atoms with E-state index in [0.717, 1.165) is 22.3 Å². The van der Waals surface area contributed by atoms with Crippen LogP contribution in [0, 0.1) is 35.0 Å². The van der Waals surface area contributed by atoms with Gasteiger partial charge in [-0.25, -0.2) is 13.5 Å². The Kier molecular flexibility index (Phi) is 7.87. The van der Waals surface area contributed by atoms with Gasteiger partial charge in [0.05, 0.1) is 34.6 Å². The average molecular weight is 618 g/mol. The summed E-state index contributed by atoms with van der Waals surface area (Å²) in [5.41, 5.74) is 5.13. The lowest BCUT2D eigenvalue weighted by atomic mass is 9.92. The van der Waals surface area contributed by atoms with Gasteiger partial charge >= 0.3 is 0 Å². The monoisotopic (exact) mass is 617 g/mol.